The molecule has 0 spiro atoms. The number of nitrogens with one attached hydrogen (secondary N) is 3. The summed E-state index contributed by atoms with van der Waals surface area (Å²) in [7, 11) is 0. The maximum Gasteiger partial charge on any atom is 0.262 e. The second-order valence-corrected chi connectivity index (χ2v) is 4.16. The molecule has 7 heteroatoms. The number of nitrogens with zero attached hydrogens (tertiary/aromatic N) is 1. The molecule has 0 radical (unpaired) electrons. The maximum atomic E-state index is 11.3. The van der Waals surface area contributed by atoms with Gasteiger partial charge in [0.05, 0.1) is 23.6 Å². The van der Waals surface area contributed by atoms with Crippen LogP contribution in [0, 0.1) is 0 Å². The number of anilines is 3. The van der Waals surface area contributed by atoms with Crippen LogP contribution >= 0.6 is 0 Å². The highest BCUT2D eigenvalue weighted by atomic mass is 16.5. The molecule has 3 rings (SSSR count). The highest BCUT2D eigenvalue weighted by Crippen LogP contribution is 2.35. The standard InChI is InChI=1S/C12H13N5O2/c13-7-3-10-9(17-12(18)6-19-10)4-8(7)16-5-11-14-1-2-15-11/h1-4,16H,5-6,13H2,(H,14,15)(H,17,18). The molecule has 5 N–H and O–H groups in total. The molecule has 1 amide bonds. The molecular formula is C12H13N5O2. The summed E-state index contributed by atoms with van der Waals surface area (Å²) >= 11 is 0. The number of rotatable bonds is 3. The van der Waals surface area contributed by atoms with Crippen LogP contribution < -0.4 is 21.1 Å². The summed E-state index contributed by atoms with van der Waals surface area (Å²) in [5.74, 6) is 1.22. The van der Waals surface area contributed by atoms with Crippen LogP contribution in [0.2, 0.25) is 0 Å². The van der Waals surface area contributed by atoms with Gasteiger partial charge in [0.25, 0.3) is 5.91 Å². The normalized spacial score (nSPS) is 13.4. The topological polar surface area (TPSA) is 105 Å². The van der Waals surface area contributed by atoms with E-state index < -0.39 is 0 Å². The van der Waals surface area contributed by atoms with Gasteiger partial charge < -0.3 is 26.1 Å². The summed E-state index contributed by atoms with van der Waals surface area (Å²) < 4.78 is 5.28. The van der Waals surface area contributed by atoms with E-state index in [2.05, 4.69) is 20.6 Å². The lowest BCUT2D eigenvalue weighted by Crippen LogP contribution is -2.25. The van der Waals surface area contributed by atoms with E-state index in [0.717, 1.165) is 11.5 Å². The van der Waals surface area contributed by atoms with Crippen molar-refractivity contribution in [1.82, 2.24) is 9.97 Å². The molecule has 98 valence electrons. The number of H-pyrrole nitrogens is 1. The second kappa shape index (κ2) is 4.52. The van der Waals surface area contributed by atoms with E-state index in [1.54, 1.807) is 24.5 Å². The van der Waals surface area contributed by atoms with Gasteiger partial charge in [0.2, 0.25) is 0 Å². The first-order chi connectivity index (χ1) is 9.22. The molecule has 0 unspecified atom stereocenters. The number of hydrogen-bond acceptors (Lipinski definition) is 5. The van der Waals surface area contributed by atoms with E-state index in [1.165, 1.54) is 0 Å². The molecule has 1 aliphatic heterocycles. The molecule has 7 nitrogen and oxygen atoms in total. The molecule has 0 atom stereocenters. The van der Waals surface area contributed by atoms with Crippen molar-refractivity contribution in [2.24, 2.45) is 0 Å². The number of hydrogen-bond donors (Lipinski definition) is 4. The Morgan fingerprint density at radius 1 is 1.47 bits per heavy atom. The summed E-state index contributed by atoms with van der Waals surface area (Å²) in [4.78, 5) is 18.4. The number of imidazole rings is 1. The molecule has 0 bridgehead atoms. The Morgan fingerprint density at radius 3 is 3.16 bits per heavy atom. The van der Waals surface area contributed by atoms with Gasteiger partial charge in [-0.1, -0.05) is 0 Å². The van der Waals surface area contributed by atoms with Crippen molar-refractivity contribution in [2.45, 2.75) is 6.54 Å². The van der Waals surface area contributed by atoms with E-state index in [-0.39, 0.29) is 12.5 Å². The quantitative estimate of drug-likeness (QED) is 0.614. The number of benzene rings is 1. The Kier molecular flexibility index (Phi) is 2.71. The molecule has 2 aromatic rings. The minimum atomic E-state index is -0.172. The molecule has 1 aliphatic rings. The van der Waals surface area contributed by atoms with Gasteiger partial charge in [-0.15, -0.1) is 0 Å². The van der Waals surface area contributed by atoms with Crippen molar-refractivity contribution in [3.05, 3.63) is 30.4 Å². The summed E-state index contributed by atoms with van der Waals surface area (Å²) in [5, 5.41) is 5.89. The summed E-state index contributed by atoms with van der Waals surface area (Å²) in [5.41, 5.74) is 7.83. The fraction of sp³-hybridized carbons (Fsp3) is 0.167. The Bertz CT molecular complexity index is 609. The zero-order valence-electron chi connectivity index (χ0n) is 10.1. The van der Waals surface area contributed by atoms with Crippen LogP contribution in [0.4, 0.5) is 17.1 Å². The lowest BCUT2D eigenvalue weighted by molar-refractivity contribution is -0.118. The van der Waals surface area contributed by atoms with Crippen LogP contribution in [0.1, 0.15) is 5.82 Å². The van der Waals surface area contributed by atoms with E-state index in [1.807, 2.05) is 0 Å². The Balaban J connectivity index is 1.81. The lowest BCUT2D eigenvalue weighted by Gasteiger charge is -2.20. The Labute approximate surface area is 109 Å². The van der Waals surface area contributed by atoms with Crippen molar-refractivity contribution in [3.8, 4) is 5.75 Å². The minimum absolute atomic E-state index is 0.0195. The molecule has 0 saturated heterocycles. The number of nitrogen functional groups attached to an aromatic ring is 1. The molecule has 0 aliphatic carbocycles. The predicted octanol–water partition coefficient (Wildman–Crippen LogP) is 0.935. The van der Waals surface area contributed by atoms with Gasteiger partial charge in [0, 0.05) is 18.5 Å². The number of nitrogens with two attached hydrogens (primary N) is 1. The van der Waals surface area contributed by atoms with Crippen LogP contribution in [0.3, 0.4) is 0 Å². The summed E-state index contributed by atoms with van der Waals surface area (Å²) in [6, 6.07) is 3.45. The van der Waals surface area contributed by atoms with E-state index in [9.17, 15) is 4.79 Å². The number of fused-ring (bicyclic) bond motifs is 1. The van der Waals surface area contributed by atoms with Crippen LogP contribution in [0.15, 0.2) is 24.5 Å². The van der Waals surface area contributed by atoms with Crippen molar-refractivity contribution >= 4 is 23.0 Å². The van der Waals surface area contributed by atoms with Crippen LogP contribution in [-0.4, -0.2) is 22.5 Å². The number of aromatic amines is 1. The first kappa shape index (κ1) is 11.4. The molecule has 1 aromatic carbocycles. The van der Waals surface area contributed by atoms with E-state index >= 15 is 0 Å². The Hall–Kier alpha value is -2.70. The maximum absolute atomic E-state index is 11.3. The number of aromatic nitrogens is 2. The van der Waals surface area contributed by atoms with Crippen molar-refractivity contribution in [2.75, 3.05) is 23.0 Å². The van der Waals surface area contributed by atoms with Crippen molar-refractivity contribution in [3.63, 3.8) is 0 Å². The number of amides is 1. The monoisotopic (exact) mass is 259 g/mol. The largest absolute Gasteiger partial charge is 0.482 e. The first-order valence-corrected chi connectivity index (χ1v) is 5.80. The van der Waals surface area contributed by atoms with Crippen molar-refractivity contribution in [1.29, 1.82) is 0 Å². The SMILES string of the molecule is Nc1cc2c(cc1NCc1ncc[nH]1)NC(=O)CO2. The van der Waals surface area contributed by atoms with Crippen LogP contribution in [-0.2, 0) is 11.3 Å². The number of ether oxygens (including phenoxy) is 1. The fourth-order valence-corrected chi connectivity index (χ4v) is 1.87. The van der Waals surface area contributed by atoms with Gasteiger partial charge in [-0.2, -0.15) is 0 Å². The average Bonchev–Trinajstić information content (AvgIpc) is 2.90. The number of carbonyl (C=O) groups excluding carboxylic acids is 1. The third-order valence-corrected chi connectivity index (χ3v) is 2.79. The van der Waals surface area contributed by atoms with E-state index in [0.29, 0.717) is 23.7 Å². The predicted molar refractivity (Wildman–Crippen MR) is 70.9 cm³/mol. The molecule has 19 heavy (non-hydrogen) atoms. The lowest BCUT2D eigenvalue weighted by atomic mass is 10.2. The first-order valence-electron chi connectivity index (χ1n) is 5.80. The minimum Gasteiger partial charge on any atom is -0.482 e. The molecule has 1 aromatic heterocycles. The molecule has 0 saturated carbocycles. The van der Waals surface area contributed by atoms with Gasteiger partial charge in [0.15, 0.2) is 6.61 Å². The smallest absolute Gasteiger partial charge is 0.262 e. The zero-order chi connectivity index (χ0) is 13.2. The summed E-state index contributed by atoms with van der Waals surface area (Å²) in [6.45, 7) is 0.538. The van der Waals surface area contributed by atoms with Gasteiger partial charge in [-0.3, -0.25) is 4.79 Å². The van der Waals surface area contributed by atoms with Crippen LogP contribution in [0.5, 0.6) is 5.75 Å². The third kappa shape index (κ3) is 2.30. The van der Waals surface area contributed by atoms with Gasteiger partial charge in [0.1, 0.15) is 11.6 Å². The highest BCUT2D eigenvalue weighted by Gasteiger charge is 2.17. The zero-order valence-corrected chi connectivity index (χ0v) is 10.1. The van der Waals surface area contributed by atoms with Gasteiger partial charge >= 0.3 is 0 Å². The van der Waals surface area contributed by atoms with Gasteiger partial charge in [-0.05, 0) is 6.07 Å². The second-order valence-electron chi connectivity index (χ2n) is 4.16. The van der Waals surface area contributed by atoms with Crippen LogP contribution in [0.25, 0.3) is 0 Å². The molecule has 0 fully saturated rings. The van der Waals surface area contributed by atoms with Gasteiger partial charge in [-0.25, -0.2) is 4.98 Å². The Morgan fingerprint density at radius 2 is 2.37 bits per heavy atom. The number of carbonyl (C=O) groups is 1. The molecule has 2 heterocycles. The fourth-order valence-electron chi connectivity index (χ4n) is 1.87. The van der Waals surface area contributed by atoms with Crippen molar-refractivity contribution < 1.29 is 9.53 Å². The third-order valence-electron chi connectivity index (χ3n) is 2.79. The van der Waals surface area contributed by atoms with E-state index in [4.69, 9.17) is 10.5 Å². The average molecular weight is 259 g/mol. The molecular weight excluding hydrogens is 246 g/mol. The summed E-state index contributed by atoms with van der Waals surface area (Å²) in [6.07, 6.45) is 3.43. The highest BCUT2D eigenvalue weighted by molar-refractivity contribution is 5.97.